The van der Waals surface area contributed by atoms with E-state index in [9.17, 15) is 0 Å². The molecule has 0 aromatic heterocycles. The molecule has 11 heavy (non-hydrogen) atoms. The SMILES string of the molecule is C.CN=C(C)C.CNC(C)C. The number of nitrogens with zero attached hydrogens (tertiary/aromatic N) is 1. The second kappa shape index (κ2) is 12.3. The molecule has 0 atom stereocenters. The van der Waals surface area contributed by atoms with Crippen molar-refractivity contribution in [2.75, 3.05) is 14.1 Å². The van der Waals surface area contributed by atoms with Crippen molar-refractivity contribution in [1.29, 1.82) is 0 Å². The minimum Gasteiger partial charge on any atom is -0.318 e. The Bertz CT molecular complexity index is 81.6. The lowest BCUT2D eigenvalue weighted by molar-refractivity contribution is 0.668. The molecule has 0 bridgehead atoms. The molecule has 0 unspecified atom stereocenters. The standard InChI is InChI=1S/C4H11N.C4H9N.CH4/c2*1-4(2)5-3;/h4-5H,1-3H3;1-3H3;1H4. The summed E-state index contributed by atoms with van der Waals surface area (Å²) in [5, 5.41) is 3.03. The van der Waals surface area contributed by atoms with E-state index in [0.29, 0.717) is 6.04 Å². The Morgan fingerprint density at radius 3 is 1.45 bits per heavy atom. The van der Waals surface area contributed by atoms with Crippen LogP contribution in [0.2, 0.25) is 0 Å². The molecule has 0 aliphatic heterocycles. The van der Waals surface area contributed by atoms with Crippen LogP contribution in [0.25, 0.3) is 0 Å². The molecule has 0 fully saturated rings. The fraction of sp³-hybridized carbons (Fsp3) is 0.889. The molecule has 2 heteroatoms. The molecule has 0 radical (unpaired) electrons. The van der Waals surface area contributed by atoms with Gasteiger partial charge in [0.15, 0.2) is 0 Å². The molecule has 0 amide bonds. The van der Waals surface area contributed by atoms with Gasteiger partial charge in [0.25, 0.3) is 0 Å². The number of hydrogen-bond acceptors (Lipinski definition) is 2. The summed E-state index contributed by atoms with van der Waals surface area (Å²) in [5.74, 6) is 0. The van der Waals surface area contributed by atoms with Crippen molar-refractivity contribution in [3.63, 3.8) is 0 Å². The fourth-order valence-corrected chi connectivity index (χ4v) is 0. The molecule has 2 nitrogen and oxygen atoms in total. The molecule has 0 saturated heterocycles. The molecule has 1 N–H and O–H groups in total. The predicted molar refractivity (Wildman–Crippen MR) is 55.6 cm³/mol. The van der Waals surface area contributed by atoms with Gasteiger partial charge in [-0.2, -0.15) is 0 Å². The highest BCUT2D eigenvalue weighted by Gasteiger charge is 1.76. The average molecular weight is 160 g/mol. The van der Waals surface area contributed by atoms with Crippen LogP contribution in [0.4, 0.5) is 0 Å². The smallest absolute Gasteiger partial charge is 0.0276 e. The maximum atomic E-state index is 3.81. The van der Waals surface area contributed by atoms with Crippen LogP contribution >= 0.6 is 0 Å². The van der Waals surface area contributed by atoms with Crippen molar-refractivity contribution in [3.8, 4) is 0 Å². The van der Waals surface area contributed by atoms with Crippen molar-refractivity contribution >= 4 is 5.71 Å². The van der Waals surface area contributed by atoms with Gasteiger partial charge in [-0.1, -0.05) is 21.3 Å². The molecular weight excluding hydrogens is 136 g/mol. The van der Waals surface area contributed by atoms with Crippen molar-refractivity contribution in [3.05, 3.63) is 0 Å². The van der Waals surface area contributed by atoms with Crippen LogP contribution in [0.15, 0.2) is 4.99 Å². The zero-order chi connectivity index (χ0) is 8.57. The average Bonchev–Trinajstić information content (AvgIpc) is 1.89. The van der Waals surface area contributed by atoms with Crippen LogP contribution in [-0.2, 0) is 0 Å². The predicted octanol–water partition coefficient (Wildman–Crippen LogP) is 2.35. The van der Waals surface area contributed by atoms with Gasteiger partial charge in [-0.25, -0.2) is 0 Å². The van der Waals surface area contributed by atoms with Crippen molar-refractivity contribution in [1.82, 2.24) is 5.32 Å². The Kier molecular flexibility index (Phi) is 19.0. The van der Waals surface area contributed by atoms with E-state index in [-0.39, 0.29) is 7.43 Å². The van der Waals surface area contributed by atoms with E-state index in [1.54, 1.807) is 7.05 Å². The topological polar surface area (TPSA) is 24.4 Å². The highest BCUT2D eigenvalue weighted by Crippen LogP contribution is 1.66. The summed E-state index contributed by atoms with van der Waals surface area (Å²) < 4.78 is 0. The summed E-state index contributed by atoms with van der Waals surface area (Å²) in [6, 6.07) is 0.634. The number of aliphatic imine (C=N–C) groups is 1. The van der Waals surface area contributed by atoms with Crippen LogP contribution in [0.1, 0.15) is 35.1 Å². The molecule has 0 rings (SSSR count). The van der Waals surface area contributed by atoms with Crippen molar-refractivity contribution in [2.45, 2.75) is 41.2 Å². The van der Waals surface area contributed by atoms with Gasteiger partial charge in [0.05, 0.1) is 0 Å². The third kappa shape index (κ3) is 42.5. The van der Waals surface area contributed by atoms with E-state index in [1.807, 2.05) is 20.9 Å². The molecular formula is C9H24N2. The van der Waals surface area contributed by atoms with Crippen LogP contribution in [0.3, 0.4) is 0 Å². The quantitative estimate of drug-likeness (QED) is 0.585. The molecule has 0 aliphatic rings. The largest absolute Gasteiger partial charge is 0.318 e. The Labute approximate surface area is 72.1 Å². The molecule has 0 aromatic carbocycles. The van der Waals surface area contributed by atoms with Crippen molar-refractivity contribution < 1.29 is 0 Å². The number of rotatable bonds is 1. The molecule has 0 heterocycles. The first-order chi connectivity index (χ1) is 4.54. The van der Waals surface area contributed by atoms with Gasteiger partial charge in [-0.05, 0) is 20.9 Å². The van der Waals surface area contributed by atoms with Gasteiger partial charge >= 0.3 is 0 Å². The molecule has 0 aliphatic carbocycles. The van der Waals surface area contributed by atoms with E-state index in [1.165, 1.54) is 0 Å². The van der Waals surface area contributed by atoms with Gasteiger partial charge in [-0.15, -0.1) is 0 Å². The summed E-state index contributed by atoms with van der Waals surface area (Å²) in [6.07, 6.45) is 0. The minimum atomic E-state index is 0. The normalized spacial score (nSPS) is 7.55. The van der Waals surface area contributed by atoms with Gasteiger partial charge in [-0.3, -0.25) is 4.99 Å². The molecule has 70 valence electrons. The van der Waals surface area contributed by atoms with Crippen LogP contribution < -0.4 is 5.32 Å². The number of nitrogens with one attached hydrogen (secondary N) is 1. The van der Waals surface area contributed by atoms with Crippen molar-refractivity contribution in [2.24, 2.45) is 4.99 Å². The van der Waals surface area contributed by atoms with Gasteiger partial charge in [0.1, 0.15) is 0 Å². The van der Waals surface area contributed by atoms with Crippen LogP contribution in [-0.4, -0.2) is 25.8 Å². The van der Waals surface area contributed by atoms with Crippen LogP contribution in [0.5, 0.6) is 0 Å². The van der Waals surface area contributed by atoms with Crippen LogP contribution in [0, 0.1) is 0 Å². The lowest BCUT2D eigenvalue weighted by Crippen LogP contribution is -2.15. The lowest BCUT2D eigenvalue weighted by Gasteiger charge is -1.95. The van der Waals surface area contributed by atoms with Gasteiger partial charge < -0.3 is 5.32 Å². The van der Waals surface area contributed by atoms with E-state index in [2.05, 4.69) is 24.2 Å². The minimum absolute atomic E-state index is 0. The fourth-order valence-electron chi connectivity index (χ4n) is 0. The second-order valence-corrected chi connectivity index (χ2v) is 2.61. The summed E-state index contributed by atoms with van der Waals surface area (Å²) >= 11 is 0. The molecule has 0 aromatic rings. The van der Waals surface area contributed by atoms with E-state index >= 15 is 0 Å². The Morgan fingerprint density at radius 1 is 1.27 bits per heavy atom. The third-order valence-corrected chi connectivity index (χ3v) is 1.02. The second-order valence-electron chi connectivity index (χ2n) is 2.61. The lowest BCUT2D eigenvalue weighted by atomic mass is 10.4. The third-order valence-electron chi connectivity index (χ3n) is 1.02. The molecule has 0 spiro atoms. The Morgan fingerprint density at radius 2 is 1.45 bits per heavy atom. The zero-order valence-electron chi connectivity index (χ0n) is 8.02. The first-order valence-electron chi connectivity index (χ1n) is 3.61. The zero-order valence-corrected chi connectivity index (χ0v) is 8.02. The maximum absolute atomic E-state index is 3.81. The van der Waals surface area contributed by atoms with E-state index in [4.69, 9.17) is 0 Å². The van der Waals surface area contributed by atoms with E-state index < -0.39 is 0 Å². The summed E-state index contributed by atoms with van der Waals surface area (Å²) in [5.41, 5.74) is 1.13. The van der Waals surface area contributed by atoms with E-state index in [0.717, 1.165) is 5.71 Å². The molecule has 0 saturated carbocycles. The number of hydrogen-bond donors (Lipinski definition) is 1. The summed E-state index contributed by atoms with van der Waals surface area (Å²) in [7, 11) is 3.74. The Balaban J connectivity index is -0.000000107. The monoisotopic (exact) mass is 160 g/mol. The highest BCUT2D eigenvalue weighted by atomic mass is 14.8. The van der Waals surface area contributed by atoms with Gasteiger partial charge in [0, 0.05) is 18.8 Å². The summed E-state index contributed by atoms with van der Waals surface area (Å²) in [4.78, 5) is 3.81. The van der Waals surface area contributed by atoms with Gasteiger partial charge in [0.2, 0.25) is 0 Å². The summed E-state index contributed by atoms with van der Waals surface area (Å²) in [6.45, 7) is 8.17. The maximum Gasteiger partial charge on any atom is 0.0276 e. The first kappa shape index (κ1) is 16.9. The highest BCUT2D eigenvalue weighted by molar-refractivity contribution is 5.78. The Hall–Kier alpha value is -0.370. The first-order valence-corrected chi connectivity index (χ1v) is 3.61.